The van der Waals surface area contributed by atoms with E-state index in [9.17, 15) is 9.36 Å². The number of aromatic nitrogens is 2. The maximum Gasteiger partial charge on any atom is 0.350 e. The molecule has 0 aliphatic carbocycles. The Balaban J connectivity index is 2.59. The molecule has 0 aliphatic heterocycles. The van der Waals surface area contributed by atoms with Gasteiger partial charge in [-0.3, -0.25) is 13.9 Å². The van der Waals surface area contributed by atoms with Crippen LogP contribution >= 0.6 is 7.60 Å². The Kier molecular flexibility index (Phi) is 4.41. The average Bonchev–Trinajstić information content (AvgIpc) is 2.13. The van der Waals surface area contributed by atoms with E-state index in [0.29, 0.717) is 5.69 Å². The van der Waals surface area contributed by atoms with Gasteiger partial charge in [-0.25, -0.2) is 4.98 Å². The number of anilines is 1. The first-order valence-electron chi connectivity index (χ1n) is 4.76. The van der Waals surface area contributed by atoms with Gasteiger partial charge in [0.1, 0.15) is 6.35 Å². The Morgan fingerprint density at radius 1 is 1.59 bits per heavy atom. The molecular formula is C8H14N3O5P. The molecule has 0 aromatic carbocycles. The standard InChI is InChI=1S/C8H14N3O5P/c1-6-4-7(12)11(8(9)10-6)2-3-16-5-17(13,14)15/h4H,2-3,5H2,1H3,(H2,9,10)(H2,13,14,15). The molecule has 17 heavy (non-hydrogen) atoms. The Labute approximate surface area is 97.2 Å². The van der Waals surface area contributed by atoms with Crippen LogP contribution in [0, 0.1) is 6.92 Å². The maximum atomic E-state index is 11.5. The summed E-state index contributed by atoms with van der Waals surface area (Å²) in [5.41, 5.74) is 5.72. The monoisotopic (exact) mass is 263 g/mol. The van der Waals surface area contributed by atoms with E-state index in [1.54, 1.807) is 6.92 Å². The van der Waals surface area contributed by atoms with Crippen molar-refractivity contribution in [3.05, 3.63) is 22.1 Å². The van der Waals surface area contributed by atoms with Gasteiger partial charge in [0, 0.05) is 11.8 Å². The molecule has 1 heterocycles. The molecular weight excluding hydrogens is 249 g/mol. The molecule has 96 valence electrons. The van der Waals surface area contributed by atoms with E-state index in [-0.39, 0.29) is 24.7 Å². The van der Waals surface area contributed by atoms with Crippen LogP contribution in [0.25, 0.3) is 0 Å². The lowest BCUT2D eigenvalue weighted by atomic mass is 10.4. The molecule has 0 spiro atoms. The van der Waals surface area contributed by atoms with Crippen LogP contribution in [0.5, 0.6) is 0 Å². The van der Waals surface area contributed by atoms with Gasteiger partial charge in [-0.05, 0) is 6.92 Å². The Morgan fingerprint density at radius 2 is 2.24 bits per heavy atom. The van der Waals surface area contributed by atoms with Crippen molar-refractivity contribution in [2.75, 3.05) is 18.7 Å². The first kappa shape index (κ1) is 13.9. The number of nitrogens with two attached hydrogens (primary N) is 1. The van der Waals surface area contributed by atoms with E-state index < -0.39 is 13.9 Å². The summed E-state index contributed by atoms with van der Waals surface area (Å²) in [6, 6.07) is 1.32. The number of nitrogens with zero attached hydrogens (tertiary/aromatic N) is 2. The van der Waals surface area contributed by atoms with Crippen LogP contribution < -0.4 is 11.3 Å². The van der Waals surface area contributed by atoms with Gasteiger partial charge in [0.25, 0.3) is 5.56 Å². The van der Waals surface area contributed by atoms with E-state index in [4.69, 9.17) is 20.3 Å². The lowest BCUT2D eigenvalue weighted by Gasteiger charge is -2.09. The van der Waals surface area contributed by atoms with Crippen LogP contribution in [0.15, 0.2) is 10.9 Å². The van der Waals surface area contributed by atoms with Crippen LogP contribution in [-0.2, 0) is 15.8 Å². The highest BCUT2D eigenvalue weighted by Gasteiger charge is 2.12. The minimum absolute atomic E-state index is 0.0278. The fourth-order valence-corrected chi connectivity index (χ4v) is 1.57. The van der Waals surface area contributed by atoms with Gasteiger partial charge in [0.05, 0.1) is 13.2 Å². The molecule has 0 saturated carbocycles. The van der Waals surface area contributed by atoms with Gasteiger partial charge in [-0.2, -0.15) is 0 Å². The Hall–Kier alpha value is -1.21. The predicted octanol–water partition coefficient (Wildman–Crippen LogP) is -0.714. The molecule has 1 aromatic heterocycles. The van der Waals surface area contributed by atoms with Gasteiger partial charge >= 0.3 is 7.60 Å². The van der Waals surface area contributed by atoms with Crippen molar-refractivity contribution >= 4 is 13.5 Å². The zero-order valence-corrected chi connectivity index (χ0v) is 10.1. The van der Waals surface area contributed by atoms with Crippen molar-refractivity contribution in [3.63, 3.8) is 0 Å². The topological polar surface area (TPSA) is 128 Å². The number of nitrogen functional groups attached to an aromatic ring is 1. The normalized spacial score (nSPS) is 11.7. The SMILES string of the molecule is Cc1cc(=O)n(CCOCP(=O)(O)O)c(N)n1. The van der Waals surface area contributed by atoms with Crippen LogP contribution in [0.1, 0.15) is 5.69 Å². The molecule has 0 bridgehead atoms. The molecule has 0 unspecified atom stereocenters. The largest absolute Gasteiger partial charge is 0.369 e. The smallest absolute Gasteiger partial charge is 0.350 e. The Morgan fingerprint density at radius 3 is 2.76 bits per heavy atom. The zero-order chi connectivity index (χ0) is 13.1. The third-order valence-electron chi connectivity index (χ3n) is 1.88. The summed E-state index contributed by atoms with van der Waals surface area (Å²) in [5, 5.41) is 0. The third-order valence-corrected chi connectivity index (χ3v) is 2.40. The van der Waals surface area contributed by atoms with Gasteiger partial charge < -0.3 is 20.3 Å². The summed E-state index contributed by atoms with van der Waals surface area (Å²) in [5.74, 6) is 0.0507. The summed E-state index contributed by atoms with van der Waals surface area (Å²) < 4.78 is 16.4. The molecule has 0 fully saturated rings. The quantitative estimate of drug-likeness (QED) is 0.472. The van der Waals surface area contributed by atoms with Crippen molar-refractivity contribution in [2.45, 2.75) is 13.5 Å². The fourth-order valence-electron chi connectivity index (χ4n) is 1.21. The second kappa shape index (κ2) is 5.42. The molecule has 0 saturated heterocycles. The molecule has 8 nitrogen and oxygen atoms in total. The molecule has 0 radical (unpaired) electrons. The van der Waals surface area contributed by atoms with Crippen LogP contribution in [0.3, 0.4) is 0 Å². The lowest BCUT2D eigenvalue weighted by molar-refractivity contribution is 0.148. The van der Waals surface area contributed by atoms with Gasteiger partial charge in [0.2, 0.25) is 5.95 Å². The lowest BCUT2D eigenvalue weighted by Crippen LogP contribution is -2.26. The number of rotatable bonds is 5. The highest BCUT2D eigenvalue weighted by molar-refractivity contribution is 7.51. The van der Waals surface area contributed by atoms with Crippen molar-refractivity contribution < 1.29 is 19.1 Å². The summed E-state index contributed by atoms with van der Waals surface area (Å²) >= 11 is 0. The summed E-state index contributed by atoms with van der Waals surface area (Å²) in [6.45, 7) is 1.71. The molecule has 0 amide bonds. The van der Waals surface area contributed by atoms with E-state index >= 15 is 0 Å². The number of ether oxygens (including phenoxy) is 1. The molecule has 4 N–H and O–H groups in total. The molecule has 1 aromatic rings. The van der Waals surface area contributed by atoms with Gasteiger partial charge in [0.15, 0.2) is 0 Å². The van der Waals surface area contributed by atoms with Crippen molar-refractivity contribution in [3.8, 4) is 0 Å². The average molecular weight is 263 g/mol. The minimum Gasteiger partial charge on any atom is -0.369 e. The third kappa shape index (κ3) is 4.66. The zero-order valence-electron chi connectivity index (χ0n) is 9.24. The Bertz CT molecular complexity index is 494. The highest BCUT2D eigenvalue weighted by atomic mass is 31.2. The highest BCUT2D eigenvalue weighted by Crippen LogP contribution is 2.33. The summed E-state index contributed by atoms with van der Waals surface area (Å²) in [7, 11) is -4.18. The maximum absolute atomic E-state index is 11.5. The minimum atomic E-state index is -4.18. The summed E-state index contributed by atoms with van der Waals surface area (Å²) in [6.07, 6.45) is -0.680. The molecule has 0 aliphatic rings. The van der Waals surface area contributed by atoms with E-state index in [2.05, 4.69) is 4.98 Å². The van der Waals surface area contributed by atoms with Gasteiger partial charge in [-0.1, -0.05) is 0 Å². The van der Waals surface area contributed by atoms with Crippen LogP contribution in [0.4, 0.5) is 5.95 Å². The van der Waals surface area contributed by atoms with Crippen molar-refractivity contribution in [1.29, 1.82) is 0 Å². The first-order valence-corrected chi connectivity index (χ1v) is 6.55. The molecule has 0 atom stereocenters. The van der Waals surface area contributed by atoms with Crippen molar-refractivity contribution in [2.24, 2.45) is 0 Å². The number of hydrogen-bond acceptors (Lipinski definition) is 5. The molecule has 9 heteroatoms. The summed E-state index contributed by atoms with van der Waals surface area (Å²) in [4.78, 5) is 32.5. The first-order chi connectivity index (χ1) is 7.79. The van der Waals surface area contributed by atoms with E-state index in [1.165, 1.54) is 10.6 Å². The number of hydrogen-bond donors (Lipinski definition) is 3. The van der Waals surface area contributed by atoms with Crippen LogP contribution in [-0.4, -0.2) is 32.3 Å². The second-order valence-electron chi connectivity index (χ2n) is 3.45. The van der Waals surface area contributed by atoms with E-state index in [1.807, 2.05) is 0 Å². The van der Waals surface area contributed by atoms with Gasteiger partial charge in [-0.15, -0.1) is 0 Å². The van der Waals surface area contributed by atoms with Crippen molar-refractivity contribution in [1.82, 2.24) is 9.55 Å². The van der Waals surface area contributed by atoms with Crippen LogP contribution in [0.2, 0.25) is 0 Å². The van der Waals surface area contributed by atoms with E-state index in [0.717, 1.165) is 0 Å². The molecule has 1 rings (SSSR count). The fraction of sp³-hybridized carbons (Fsp3) is 0.500. The second-order valence-corrected chi connectivity index (χ2v) is 5.04. The number of aryl methyl sites for hydroxylation is 1. The predicted molar refractivity (Wildman–Crippen MR) is 60.5 cm³/mol.